The van der Waals surface area contributed by atoms with Gasteiger partial charge in [-0.3, -0.25) is 10.1 Å². The van der Waals surface area contributed by atoms with Gasteiger partial charge in [-0.1, -0.05) is 0 Å². The summed E-state index contributed by atoms with van der Waals surface area (Å²) < 4.78 is -0.464. The van der Waals surface area contributed by atoms with Gasteiger partial charge < -0.3 is 4.90 Å². The molecule has 0 radical (unpaired) electrons. The van der Waals surface area contributed by atoms with Crippen LogP contribution in [0.3, 0.4) is 0 Å². The van der Waals surface area contributed by atoms with Crippen molar-refractivity contribution in [1.29, 1.82) is 0 Å². The molecular weight excluding hydrogens is 228 g/mol. The van der Waals surface area contributed by atoms with E-state index in [1.54, 1.807) is 13.0 Å². The fourth-order valence-corrected chi connectivity index (χ4v) is 1.84. The second kappa shape index (κ2) is 5.64. The molecule has 0 bridgehead atoms. The van der Waals surface area contributed by atoms with Crippen molar-refractivity contribution in [3.05, 3.63) is 22.0 Å². The van der Waals surface area contributed by atoms with Gasteiger partial charge in [-0.25, -0.2) is 9.97 Å². The van der Waals surface area contributed by atoms with Crippen LogP contribution in [0.15, 0.2) is 11.1 Å². The molecule has 16 heavy (non-hydrogen) atoms. The normalized spacial score (nSPS) is 10.2. The third kappa shape index (κ3) is 3.34. The first-order valence-corrected chi connectivity index (χ1v) is 5.77. The van der Waals surface area contributed by atoms with E-state index in [-0.39, 0.29) is 0 Å². The van der Waals surface area contributed by atoms with Crippen LogP contribution in [0.5, 0.6) is 0 Å². The minimum absolute atomic E-state index is 0.374. The van der Waals surface area contributed by atoms with Crippen LogP contribution >= 0.6 is 11.9 Å². The first kappa shape index (κ1) is 12.7. The minimum Gasteiger partial charge on any atom is -0.357 e. The number of aryl methyl sites for hydroxylation is 1. The Bertz CT molecular complexity index is 382. The van der Waals surface area contributed by atoms with E-state index >= 15 is 0 Å². The molecule has 1 rings (SSSR count). The van der Waals surface area contributed by atoms with Gasteiger partial charge in [0, 0.05) is 19.2 Å². The van der Waals surface area contributed by atoms with Crippen LogP contribution in [-0.2, 0) is 0 Å². The predicted octanol–water partition coefficient (Wildman–Crippen LogP) is 1.92. The molecule has 88 valence electrons. The molecule has 1 aromatic heterocycles. The van der Waals surface area contributed by atoms with E-state index in [1.807, 2.05) is 18.7 Å². The van der Waals surface area contributed by atoms with Gasteiger partial charge in [-0.15, -0.1) is 0 Å². The van der Waals surface area contributed by atoms with Gasteiger partial charge >= 0.3 is 0 Å². The van der Waals surface area contributed by atoms with E-state index in [1.165, 1.54) is 0 Å². The largest absolute Gasteiger partial charge is 0.357 e. The standard InChI is InChI=1S/C9H14N4O2S/c1-4-12(5-2)8-6-9(16-13(14)15)11-7(3)10-8/h6H,4-5H2,1-3H3. The fraction of sp³-hybridized carbons (Fsp3) is 0.556. The number of aromatic nitrogens is 2. The van der Waals surface area contributed by atoms with E-state index in [9.17, 15) is 10.1 Å². The first-order chi connectivity index (χ1) is 7.56. The lowest BCUT2D eigenvalue weighted by atomic mass is 10.4. The maximum Gasteiger partial charge on any atom is 0.286 e. The monoisotopic (exact) mass is 242 g/mol. The van der Waals surface area contributed by atoms with Crippen molar-refractivity contribution in [2.24, 2.45) is 0 Å². The summed E-state index contributed by atoms with van der Waals surface area (Å²) in [6.45, 7) is 7.39. The SMILES string of the molecule is CCN(CC)c1cc(S[N+](=O)[O-])nc(C)n1. The van der Waals surface area contributed by atoms with Gasteiger partial charge in [0.05, 0.1) is 0 Å². The Morgan fingerprint density at radius 3 is 2.56 bits per heavy atom. The first-order valence-electron chi connectivity index (χ1n) is 4.99. The van der Waals surface area contributed by atoms with Gasteiger partial charge in [-0.05, 0) is 20.8 Å². The van der Waals surface area contributed by atoms with Crippen molar-refractivity contribution in [2.75, 3.05) is 18.0 Å². The van der Waals surface area contributed by atoms with Crippen molar-refractivity contribution in [3.63, 3.8) is 0 Å². The van der Waals surface area contributed by atoms with Gasteiger partial charge in [0.25, 0.3) is 11.9 Å². The molecule has 1 aromatic rings. The van der Waals surface area contributed by atoms with E-state index in [0.717, 1.165) is 18.9 Å². The van der Waals surface area contributed by atoms with Crippen LogP contribution in [0.25, 0.3) is 0 Å². The second-order valence-corrected chi connectivity index (χ2v) is 4.00. The highest BCUT2D eigenvalue weighted by Crippen LogP contribution is 2.20. The van der Waals surface area contributed by atoms with Crippen LogP contribution in [0, 0.1) is 17.0 Å². The molecule has 0 fully saturated rings. The molecule has 0 unspecified atom stereocenters. The molecule has 0 aliphatic rings. The number of hydrogen-bond donors (Lipinski definition) is 0. The Morgan fingerprint density at radius 2 is 2.06 bits per heavy atom. The van der Waals surface area contributed by atoms with Gasteiger partial charge in [0.1, 0.15) is 16.0 Å². The van der Waals surface area contributed by atoms with E-state index < -0.39 is 4.33 Å². The van der Waals surface area contributed by atoms with Crippen molar-refractivity contribution in [3.8, 4) is 0 Å². The third-order valence-corrected chi connectivity index (χ3v) is 2.60. The Morgan fingerprint density at radius 1 is 1.44 bits per heavy atom. The molecule has 0 spiro atoms. The molecule has 0 aliphatic heterocycles. The van der Waals surface area contributed by atoms with Crippen molar-refractivity contribution < 1.29 is 4.33 Å². The Labute approximate surface area is 98.4 Å². The maximum atomic E-state index is 10.4. The predicted molar refractivity (Wildman–Crippen MR) is 63.2 cm³/mol. The van der Waals surface area contributed by atoms with Gasteiger partial charge in [-0.2, -0.15) is 0 Å². The van der Waals surface area contributed by atoms with Crippen molar-refractivity contribution in [1.82, 2.24) is 9.97 Å². The average molecular weight is 242 g/mol. The highest BCUT2D eigenvalue weighted by Gasteiger charge is 2.12. The number of hydrogen-bond acceptors (Lipinski definition) is 6. The summed E-state index contributed by atoms with van der Waals surface area (Å²) in [5.74, 6) is 1.29. The Hall–Kier alpha value is -1.37. The number of anilines is 1. The Kier molecular flexibility index (Phi) is 4.48. The molecular formula is C9H14N4O2S. The second-order valence-electron chi connectivity index (χ2n) is 3.10. The fourth-order valence-electron chi connectivity index (χ4n) is 1.36. The lowest BCUT2D eigenvalue weighted by Crippen LogP contribution is -2.23. The van der Waals surface area contributed by atoms with Crippen molar-refractivity contribution in [2.45, 2.75) is 25.8 Å². The molecule has 7 heteroatoms. The topological polar surface area (TPSA) is 72.2 Å². The van der Waals surface area contributed by atoms with Crippen LogP contribution in [0.4, 0.5) is 5.82 Å². The summed E-state index contributed by atoms with van der Waals surface area (Å²) in [6.07, 6.45) is 0. The van der Waals surface area contributed by atoms with Gasteiger partial charge in [0.15, 0.2) is 5.03 Å². The lowest BCUT2D eigenvalue weighted by molar-refractivity contribution is -0.284. The summed E-state index contributed by atoms with van der Waals surface area (Å²) >= 11 is 0.510. The van der Waals surface area contributed by atoms with E-state index in [2.05, 4.69) is 9.97 Å². The van der Waals surface area contributed by atoms with Crippen LogP contribution in [0.1, 0.15) is 19.7 Å². The lowest BCUT2D eigenvalue weighted by Gasteiger charge is -2.19. The maximum absolute atomic E-state index is 10.4. The molecule has 0 amide bonds. The van der Waals surface area contributed by atoms with Crippen molar-refractivity contribution >= 4 is 17.8 Å². The van der Waals surface area contributed by atoms with E-state index in [4.69, 9.17) is 0 Å². The molecule has 0 N–H and O–H groups in total. The number of nitrogens with zero attached hydrogens (tertiary/aromatic N) is 4. The molecule has 0 aromatic carbocycles. The average Bonchev–Trinajstić information content (AvgIpc) is 2.17. The van der Waals surface area contributed by atoms with Gasteiger partial charge in [0.2, 0.25) is 0 Å². The molecule has 1 heterocycles. The molecule has 0 saturated carbocycles. The zero-order valence-electron chi connectivity index (χ0n) is 9.51. The zero-order chi connectivity index (χ0) is 12.1. The minimum atomic E-state index is -0.464. The van der Waals surface area contributed by atoms with Crippen LogP contribution in [-0.4, -0.2) is 27.4 Å². The highest BCUT2D eigenvalue weighted by atomic mass is 32.2. The quantitative estimate of drug-likeness (QED) is 0.340. The summed E-state index contributed by atoms with van der Waals surface area (Å²) in [4.78, 5) is 20.7. The van der Waals surface area contributed by atoms with Crippen LogP contribution in [0.2, 0.25) is 0 Å². The highest BCUT2D eigenvalue weighted by molar-refractivity contribution is 7.93. The van der Waals surface area contributed by atoms with E-state index in [0.29, 0.717) is 22.8 Å². The zero-order valence-corrected chi connectivity index (χ0v) is 10.3. The third-order valence-electron chi connectivity index (χ3n) is 2.06. The summed E-state index contributed by atoms with van der Waals surface area (Å²) in [5.41, 5.74) is 0. The summed E-state index contributed by atoms with van der Waals surface area (Å²) in [6, 6.07) is 1.65. The van der Waals surface area contributed by atoms with Crippen LogP contribution < -0.4 is 4.90 Å². The molecule has 0 aliphatic carbocycles. The molecule has 0 atom stereocenters. The number of rotatable bonds is 5. The Balaban J connectivity index is 3.01. The smallest absolute Gasteiger partial charge is 0.286 e. The summed E-state index contributed by atoms with van der Waals surface area (Å²) in [7, 11) is 0. The summed E-state index contributed by atoms with van der Waals surface area (Å²) in [5, 5.41) is 10.8. The molecule has 6 nitrogen and oxygen atoms in total. The number of nitro groups is 1. The molecule has 0 saturated heterocycles.